The molecule has 1 fully saturated rings. The smallest absolute Gasteiger partial charge is 0.137 e. The molecule has 0 bridgehead atoms. The monoisotopic (exact) mass is 468 g/mol. The molecule has 1 aliphatic carbocycles. The van der Waals surface area contributed by atoms with Crippen molar-refractivity contribution in [3.05, 3.63) is 87.9 Å². The Morgan fingerprint density at radius 1 is 1.03 bits per heavy atom. The molecule has 3 aromatic rings. The fraction of sp³-hybridized carbons (Fsp3) is 0.485. The van der Waals surface area contributed by atoms with E-state index in [2.05, 4.69) is 89.1 Å². The summed E-state index contributed by atoms with van der Waals surface area (Å²) in [4.78, 5) is 5.23. The number of hydrogen-bond acceptors (Lipinski definition) is 1. The van der Waals surface area contributed by atoms with Crippen molar-refractivity contribution in [1.82, 2.24) is 9.38 Å². The number of pyridine rings is 1. The molecule has 0 aliphatic heterocycles. The van der Waals surface area contributed by atoms with E-state index in [0.29, 0.717) is 5.92 Å². The summed E-state index contributed by atoms with van der Waals surface area (Å²) in [5.74, 6) is 1.36. The lowest BCUT2D eigenvalue weighted by molar-refractivity contribution is 0.353. The molecule has 2 aromatic heterocycles. The molecule has 0 atom stereocenters. The van der Waals surface area contributed by atoms with Crippen LogP contribution < -0.4 is 0 Å². The van der Waals surface area contributed by atoms with Crippen molar-refractivity contribution >= 4 is 11.2 Å². The number of aromatic nitrogens is 2. The molecule has 0 radical (unpaired) electrons. The van der Waals surface area contributed by atoms with Gasteiger partial charge in [0.05, 0.1) is 5.69 Å². The maximum atomic E-state index is 5.23. The molecule has 4 rings (SSSR count). The van der Waals surface area contributed by atoms with Crippen LogP contribution in [0.25, 0.3) is 11.2 Å². The molecule has 2 nitrogen and oxygen atoms in total. The lowest BCUT2D eigenvalue weighted by atomic mass is 9.85. The van der Waals surface area contributed by atoms with Crippen molar-refractivity contribution in [2.75, 3.05) is 0 Å². The van der Waals surface area contributed by atoms with Gasteiger partial charge < -0.3 is 4.40 Å². The predicted molar refractivity (Wildman–Crippen MR) is 151 cm³/mol. The first-order valence-corrected chi connectivity index (χ1v) is 13.7. The topological polar surface area (TPSA) is 17.3 Å². The van der Waals surface area contributed by atoms with E-state index in [4.69, 9.17) is 4.98 Å². The van der Waals surface area contributed by atoms with E-state index in [1.54, 1.807) is 0 Å². The Balaban J connectivity index is 1.68. The summed E-state index contributed by atoms with van der Waals surface area (Å²) in [5.41, 5.74) is 13.0. The fourth-order valence-corrected chi connectivity index (χ4v) is 6.15. The van der Waals surface area contributed by atoms with Crippen molar-refractivity contribution in [3.63, 3.8) is 0 Å². The maximum Gasteiger partial charge on any atom is 0.137 e. The molecular formula is C33H44N2. The molecule has 186 valence electrons. The molecule has 1 saturated carbocycles. The summed E-state index contributed by atoms with van der Waals surface area (Å²) >= 11 is 0. The van der Waals surface area contributed by atoms with Gasteiger partial charge in [0.1, 0.15) is 5.65 Å². The highest BCUT2D eigenvalue weighted by atomic mass is 15.0. The Labute approximate surface area is 213 Å². The van der Waals surface area contributed by atoms with Gasteiger partial charge in [0.2, 0.25) is 0 Å². The molecule has 0 N–H and O–H groups in total. The summed E-state index contributed by atoms with van der Waals surface area (Å²) in [5, 5.41) is 0. The standard InChI is InChI=1S/C33H44N2/c1-22(2)29-15-13-27(19-25(29)7)14-16-30-31(20-26-11-9-8-10-12-26)35-18-17-28(21-32(35)34-30)33(23(3)4)24(5)6/h13,15,17-19,21-22,26H,3,8-12,14,16,20H2,1-2,4-7H3. The molecule has 0 amide bonds. The Morgan fingerprint density at radius 3 is 2.40 bits per heavy atom. The molecule has 2 heterocycles. The van der Waals surface area contributed by atoms with Gasteiger partial charge in [0, 0.05) is 11.9 Å². The summed E-state index contributed by atoms with van der Waals surface area (Å²) in [6.45, 7) is 17.5. The van der Waals surface area contributed by atoms with Crippen molar-refractivity contribution in [2.45, 2.75) is 98.8 Å². The first kappa shape index (κ1) is 25.5. The molecule has 35 heavy (non-hydrogen) atoms. The minimum absolute atomic E-state index is 0.573. The van der Waals surface area contributed by atoms with Crippen LogP contribution in [-0.2, 0) is 19.3 Å². The predicted octanol–water partition coefficient (Wildman–Crippen LogP) is 9.04. The van der Waals surface area contributed by atoms with Gasteiger partial charge in [-0.3, -0.25) is 0 Å². The number of fused-ring (bicyclic) bond motifs is 1. The zero-order valence-corrected chi connectivity index (χ0v) is 22.9. The van der Waals surface area contributed by atoms with Crippen LogP contribution in [-0.4, -0.2) is 9.38 Å². The highest BCUT2D eigenvalue weighted by molar-refractivity contribution is 5.81. The summed E-state index contributed by atoms with van der Waals surface area (Å²) in [7, 11) is 0. The number of hydrogen-bond donors (Lipinski definition) is 0. The van der Waals surface area contributed by atoms with Crippen LogP contribution >= 0.6 is 0 Å². The quantitative estimate of drug-likeness (QED) is 0.301. The Hall–Kier alpha value is -2.61. The number of rotatable bonds is 8. The van der Waals surface area contributed by atoms with Gasteiger partial charge in [-0.05, 0) is 98.8 Å². The number of nitrogens with zero attached hydrogens (tertiary/aromatic N) is 2. The van der Waals surface area contributed by atoms with E-state index in [0.717, 1.165) is 36.4 Å². The average Bonchev–Trinajstić information content (AvgIpc) is 3.14. The Bertz CT molecular complexity index is 1230. The number of benzene rings is 1. The number of aryl methyl sites for hydroxylation is 3. The summed E-state index contributed by atoms with van der Waals surface area (Å²) in [6, 6.07) is 11.6. The minimum Gasteiger partial charge on any atom is -0.304 e. The largest absolute Gasteiger partial charge is 0.304 e. The lowest BCUT2D eigenvalue weighted by Crippen LogP contribution is -2.12. The van der Waals surface area contributed by atoms with Crippen LogP contribution in [0, 0.1) is 12.8 Å². The zero-order chi connectivity index (χ0) is 25.1. The van der Waals surface area contributed by atoms with Crippen LogP contribution in [0.15, 0.2) is 54.3 Å². The third-order valence-corrected chi connectivity index (χ3v) is 7.84. The van der Waals surface area contributed by atoms with Gasteiger partial charge in [0.25, 0.3) is 0 Å². The number of imidazole rings is 1. The van der Waals surface area contributed by atoms with Crippen molar-refractivity contribution in [3.8, 4) is 0 Å². The molecule has 1 aromatic carbocycles. The summed E-state index contributed by atoms with van der Waals surface area (Å²) < 4.78 is 2.38. The highest BCUT2D eigenvalue weighted by Gasteiger charge is 2.20. The first-order valence-electron chi connectivity index (χ1n) is 13.7. The fourth-order valence-electron chi connectivity index (χ4n) is 6.15. The van der Waals surface area contributed by atoms with E-state index in [9.17, 15) is 0 Å². The van der Waals surface area contributed by atoms with Gasteiger partial charge in [-0.15, -0.1) is 0 Å². The van der Waals surface area contributed by atoms with Crippen LogP contribution in [0.1, 0.15) is 106 Å². The second kappa shape index (κ2) is 11.0. The van der Waals surface area contributed by atoms with E-state index in [1.807, 2.05) is 0 Å². The van der Waals surface area contributed by atoms with E-state index in [-0.39, 0.29) is 0 Å². The lowest BCUT2D eigenvalue weighted by Gasteiger charge is -2.22. The molecule has 0 saturated heterocycles. The Kier molecular flexibility index (Phi) is 7.99. The second-order valence-corrected chi connectivity index (χ2v) is 11.4. The second-order valence-electron chi connectivity index (χ2n) is 11.4. The van der Waals surface area contributed by atoms with E-state index >= 15 is 0 Å². The molecule has 0 unspecified atom stereocenters. The van der Waals surface area contributed by atoms with Crippen LogP contribution in [0.3, 0.4) is 0 Å². The summed E-state index contributed by atoms with van der Waals surface area (Å²) in [6.07, 6.45) is 12.3. The van der Waals surface area contributed by atoms with Gasteiger partial charge in [-0.25, -0.2) is 4.98 Å². The molecular weight excluding hydrogens is 424 g/mol. The molecule has 1 aliphatic rings. The van der Waals surface area contributed by atoms with Gasteiger partial charge in [0.15, 0.2) is 0 Å². The van der Waals surface area contributed by atoms with Gasteiger partial charge in [-0.2, -0.15) is 0 Å². The highest BCUT2D eigenvalue weighted by Crippen LogP contribution is 2.31. The zero-order valence-electron chi connectivity index (χ0n) is 22.9. The third kappa shape index (κ3) is 5.80. The van der Waals surface area contributed by atoms with E-state index in [1.165, 1.54) is 76.9 Å². The van der Waals surface area contributed by atoms with Crippen molar-refractivity contribution in [1.29, 1.82) is 0 Å². The molecule has 2 heteroatoms. The third-order valence-electron chi connectivity index (χ3n) is 7.84. The minimum atomic E-state index is 0.573. The van der Waals surface area contributed by atoms with Crippen LogP contribution in [0.4, 0.5) is 0 Å². The Morgan fingerprint density at radius 2 is 1.77 bits per heavy atom. The first-order chi connectivity index (χ1) is 16.7. The van der Waals surface area contributed by atoms with Crippen LogP contribution in [0.5, 0.6) is 0 Å². The maximum absolute atomic E-state index is 5.23. The van der Waals surface area contributed by atoms with E-state index < -0.39 is 0 Å². The average molecular weight is 469 g/mol. The van der Waals surface area contributed by atoms with Gasteiger partial charge >= 0.3 is 0 Å². The normalized spacial score (nSPS) is 14.6. The molecule has 0 spiro atoms. The SMILES string of the molecule is C=C(C)C(=C(C)C)c1ccn2c(CC3CCCCC3)c(CCc3ccc(C(C)C)c(C)c3)nc2c1. The van der Waals surface area contributed by atoms with Gasteiger partial charge in [-0.1, -0.05) is 81.9 Å². The van der Waals surface area contributed by atoms with Crippen LogP contribution in [0.2, 0.25) is 0 Å². The number of allylic oxidation sites excluding steroid dienone is 3. The van der Waals surface area contributed by atoms with Crippen molar-refractivity contribution < 1.29 is 0 Å². The van der Waals surface area contributed by atoms with Crippen molar-refractivity contribution in [2.24, 2.45) is 5.92 Å².